The number of benzene rings is 1. The number of carbonyl (C=O) groups is 2. The summed E-state index contributed by atoms with van der Waals surface area (Å²) in [6.07, 6.45) is 10.3. The van der Waals surface area contributed by atoms with Crippen molar-refractivity contribution in [2.24, 2.45) is 17.8 Å². The summed E-state index contributed by atoms with van der Waals surface area (Å²) >= 11 is 0. The lowest BCUT2D eigenvalue weighted by Gasteiger charge is -2.25. The van der Waals surface area contributed by atoms with Gasteiger partial charge < -0.3 is 5.32 Å². The number of nitro groups is 1. The summed E-state index contributed by atoms with van der Waals surface area (Å²) in [7, 11) is 0. The number of amides is 2. The highest BCUT2D eigenvalue weighted by Gasteiger charge is 2.50. The topological polar surface area (TPSA) is 92.6 Å². The Morgan fingerprint density at radius 1 is 0.967 bits per heavy atom. The van der Waals surface area contributed by atoms with Crippen LogP contribution in [0, 0.1) is 27.9 Å². The molecule has 0 bridgehead atoms. The van der Waals surface area contributed by atoms with Gasteiger partial charge in [0, 0.05) is 12.1 Å². The number of carbonyl (C=O) groups excluding carboxylic acids is 2. The van der Waals surface area contributed by atoms with Crippen LogP contribution in [0.25, 0.3) is 0 Å². The van der Waals surface area contributed by atoms with Crippen LogP contribution < -0.4 is 10.2 Å². The summed E-state index contributed by atoms with van der Waals surface area (Å²) in [5.74, 6) is -0.542. The molecule has 2 amide bonds. The Morgan fingerprint density at radius 2 is 1.63 bits per heavy atom. The van der Waals surface area contributed by atoms with Gasteiger partial charge in [0.05, 0.1) is 22.4 Å². The van der Waals surface area contributed by atoms with Gasteiger partial charge in [-0.1, -0.05) is 39.0 Å². The van der Waals surface area contributed by atoms with Gasteiger partial charge in [-0.25, -0.2) is 4.90 Å². The van der Waals surface area contributed by atoms with E-state index >= 15 is 0 Å². The number of anilines is 2. The second kappa shape index (κ2) is 8.74. The summed E-state index contributed by atoms with van der Waals surface area (Å²) in [5, 5.41) is 15.2. The van der Waals surface area contributed by atoms with E-state index in [9.17, 15) is 19.7 Å². The molecule has 0 radical (unpaired) electrons. The Balaban J connectivity index is 1.58. The molecule has 2 aliphatic carbocycles. The maximum Gasteiger partial charge on any atom is 0.294 e. The Bertz CT molecular complexity index is 832. The summed E-state index contributed by atoms with van der Waals surface area (Å²) < 4.78 is 0. The molecule has 1 aromatic carbocycles. The third-order valence-corrected chi connectivity index (χ3v) is 7.09. The van der Waals surface area contributed by atoms with Crippen molar-refractivity contribution in [1.29, 1.82) is 0 Å². The lowest BCUT2D eigenvalue weighted by atomic mass is 9.76. The summed E-state index contributed by atoms with van der Waals surface area (Å²) in [6, 6.07) is 4.95. The number of fused-ring (bicyclic) bond motifs is 1. The zero-order valence-electron chi connectivity index (χ0n) is 17.6. The lowest BCUT2D eigenvalue weighted by Crippen LogP contribution is -2.31. The molecule has 4 rings (SSSR count). The Kier molecular flexibility index (Phi) is 6.06. The van der Waals surface area contributed by atoms with Gasteiger partial charge in [-0.05, 0) is 50.2 Å². The summed E-state index contributed by atoms with van der Waals surface area (Å²) in [4.78, 5) is 38.5. The molecule has 0 aromatic heterocycles. The van der Waals surface area contributed by atoms with Crippen molar-refractivity contribution in [1.82, 2.24) is 0 Å². The highest BCUT2D eigenvalue weighted by Crippen LogP contribution is 2.43. The lowest BCUT2D eigenvalue weighted by molar-refractivity contribution is -0.383. The number of hydrogen-bond donors (Lipinski definition) is 1. The fourth-order valence-corrected chi connectivity index (χ4v) is 5.40. The fourth-order valence-electron chi connectivity index (χ4n) is 5.40. The van der Waals surface area contributed by atoms with Gasteiger partial charge in [0.2, 0.25) is 11.8 Å². The van der Waals surface area contributed by atoms with Gasteiger partial charge in [-0.15, -0.1) is 0 Å². The fraction of sp³-hybridized carbons (Fsp3) is 0.652. The van der Waals surface area contributed by atoms with Gasteiger partial charge >= 0.3 is 0 Å². The zero-order valence-corrected chi connectivity index (χ0v) is 17.6. The Morgan fingerprint density at radius 3 is 2.33 bits per heavy atom. The molecule has 1 aromatic rings. The number of rotatable bonds is 4. The van der Waals surface area contributed by atoms with Crippen LogP contribution in [-0.4, -0.2) is 22.8 Å². The molecule has 3 atom stereocenters. The number of nitro benzene ring substituents is 1. The average molecular weight is 414 g/mol. The number of hydrogen-bond acceptors (Lipinski definition) is 5. The van der Waals surface area contributed by atoms with E-state index in [1.54, 1.807) is 12.1 Å². The molecular formula is C23H31N3O4. The zero-order chi connectivity index (χ0) is 21.3. The van der Waals surface area contributed by atoms with Crippen LogP contribution in [0.5, 0.6) is 0 Å². The van der Waals surface area contributed by atoms with E-state index in [1.165, 1.54) is 30.2 Å². The van der Waals surface area contributed by atoms with Crippen LogP contribution in [0.2, 0.25) is 0 Å². The van der Waals surface area contributed by atoms with Crippen molar-refractivity contribution in [3.63, 3.8) is 0 Å². The second-order valence-electron chi connectivity index (χ2n) is 9.29. The van der Waals surface area contributed by atoms with E-state index in [2.05, 4.69) is 12.2 Å². The van der Waals surface area contributed by atoms with E-state index in [0.717, 1.165) is 44.9 Å². The van der Waals surface area contributed by atoms with Crippen molar-refractivity contribution in [3.05, 3.63) is 28.3 Å². The molecule has 3 aliphatic rings. The van der Waals surface area contributed by atoms with Crippen molar-refractivity contribution >= 4 is 28.9 Å². The molecule has 1 N–H and O–H groups in total. The molecule has 0 unspecified atom stereocenters. The van der Waals surface area contributed by atoms with Crippen molar-refractivity contribution in [2.75, 3.05) is 10.2 Å². The maximum atomic E-state index is 13.0. The second-order valence-corrected chi connectivity index (χ2v) is 9.29. The molecule has 1 saturated heterocycles. The minimum Gasteiger partial charge on any atom is -0.377 e. The predicted molar refractivity (Wildman–Crippen MR) is 115 cm³/mol. The van der Waals surface area contributed by atoms with Crippen LogP contribution in [0.1, 0.15) is 71.1 Å². The molecule has 7 nitrogen and oxygen atoms in total. The molecule has 30 heavy (non-hydrogen) atoms. The van der Waals surface area contributed by atoms with Crippen LogP contribution in [-0.2, 0) is 9.59 Å². The molecule has 2 saturated carbocycles. The first-order valence-corrected chi connectivity index (χ1v) is 11.4. The third-order valence-electron chi connectivity index (χ3n) is 7.09. The van der Waals surface area contributed by atoms with Gasteiger partial charge in [0.15, 0.2) is 0 Å². The van der Waals surface area contributed by atoms with Gasteiger partial charge in [-0.3, -0.25) is 19.7 Å². The van der Waals surface area contributed by atoms with Crippen LogP contribution in [0.4, 0.5) is 17.1 Å². The van der Waals surface area contributed by atoms with E-state index < -0.39 is 4.92 Å². The normalized spacial score (nSPS) is 28.0. The van der Waals surface area contributed by atoms with Gasteiger partial charge in [0.25, 0.3) is 5.69 Å². The minimum atomic E-state index is -0.422. The van der Waals surface area contributed by atoms with Crippen LogP contribution in [0.3, 0.4) is 0 Å². The number of nitrogens with zero attached hydrogens (tertiary/aromatic N) is 2. The molecule has 162 valence electrons. The Hall–Kier alpha value is -2.44. The van der Waals surface area contributed by atoms with E-state index in [4.69, 9.17) is 0 Å². The molecule has 0 spiro atoms. The van der Waals surface area contributed by atoms with Gasteiger partial charge in [-0.2, -0.15) is 0 Å². The highest BCUT2D eigenvalue weighted by atomic mass is 16.6. The van der Waals surface area contributed by atoms with E-state index in [0.29, 0.717) is 17.3 Å². The first-order chi connectivity index (χ1) is 14.5. The first kappa shape index (κ1) is 20.8. The molecule has 1 heterocycles. The van der Waals surface area contributed by atoms with E-state index in [-0.39, 0.29) is 35.4 Å². The first-order valence-electron chi connectivity index (χ1n) is 11.4. The summed E-state index contributed by atoms with van der Waals surface area (Å²) in [6.45, 7) is 2.11. The standard InChI is InChI=1S/C23H31N3O4/c1-15-9-11-18-19(13-15)23(28)25(22(18)27)17-10-12-20(21(14-17)26(29)30)24-16-7-5-3-2-4-6-8-16/h10,12,14-16,18-19,24H,2-9,11,13H2,1H3/t15-,18+,19+/m1/s1. The van der Waals surface area contributed by atoms with Crippen molar-refractivity contribution in [2.45, 2.75) is 77.2 Å². The maximum absolute atomic E-state index is 13.0. The van der Waals surface area contributed by atoms with Crippen LogP contribution in [0.15, 0.2) is 18.2 Å². The van der Waals surface area contributed by atoms with Gasteiger partial charge in [0.1, 0.15) is 5.69 Å². The highest BCUT2D eigenvalue weighted by molar-refractivity contribution is 6.22. The summed E-state index contributed by atoms with van der Waals surface area (Å²) in [5.41, 5.74) is 0.722. The third kappa shape index (κ3) is 4.07. The quantitative estimate of drug-likeness (QED) is 0.424. The SMILES string of the molecule is C[C@@H]1CC[C@@H]2C(=O)N(c3ccc(NC4CCCCCCC4)c([N+](=O)[O-])c3)C(=O)[C@H]2C1. The monoisotopic (exact) mass is 413 g/mol. The smallest absolute Gasteiger partial charge is 0.294 e. The molecule has 7 heteroatoms. The number of nitrogens with one attached hydrogen (secondary N) is 1. The van der Waals surface area contributed by atoms with Crippen molar-refractivity contribution in [3.8, 4) is 0 Å². The molecule has 3 fully saturated rings. The Labute approximate surface area is 177 Å². The van der Waals surface area contributed by atoms with Crippen LogP contribution >= 0.6 is 0 Å². The van der Waals surface area contributed by atoms with Crippen molar-refractivity contribution < 1.29 is 14.5 Å². The molecule has 1 aliphatic heterocycles. The predicted octanol–water partition coefficient (Wildman–Crippen LogP) is 5.05. The average Bonchev–Trinajstić information content (AvgIpc) is 2.94. The largest absolute Gasteiger partial charge is 0.377 e. The van der Waals surface area contributed by atoms with E-state index in [1.807, 2.05) is 0 Å². The number of imide groups is 1. The minimum absolute atomic E-state index is 0.0709. The molecular weight excluding hydrogens is 382 g/mol.